The quantitative estimate of drug-likeness (QED) is 0.921. The fraction of sp³-hybridized carbons (Fsp3) is 0.571. The van der Waals surface area contributed by atoms with Crippen LogP contribution >= 0.6 is 0 Å². The molecule has 5 nitrogen and oxygen atoms in total. The van der Waals surface area contributed by atoms with Gasteiger partial charge in [0.25, 0.3) is 5.56 Å². The molecule has 1 amide bonds. The molecule has 4 aliphatic carbocycles. The molecule has 0 atom stereocenters. The Labute approximate surface area is 152 Å². The van der Waals surface area contributed by atoms with Gasteiger partial charge in [-0.15, -0.1) is 0 Å². The fourth-order valence-corrected chi connectivity index (χ4v) is 6.22. The van der Waals surface area contributed by atoms with Crippen LogP contribution in [0.4, 0.5) is 0 Å². The predicted octanol–water partition coefficient (Wildman–Crippen LogP) is 2.73. The molecule has 0 saturated heterocycles. The number of rotatable bonds is 4. The number of fused-ring (bicyclic) bond motifs is 1. The smallest absolute Gasteiger partial charge is 0.261 e. The molecule has 1 aromatic carbocycles. The van der Waals surface area contributed by atoms with E-state index in [0.717, 1.165) is 24.3 Å². The lowest BCUT2D eigenvalue weighted by Crippen LogP contribution is -2.51. The summed E-state index contributed by atoms with van der Waals surface area (Å²) in [6, 6.07) is 7.25. The third-order valence-corrected chi connectivity index (χ3v) is 6.87. The maximum Gasteiger partial charge on any atom is 0.261 e. The van der Waals surface area contributed by atoms with Crippen molar-refractivity contribution in [2.75, 3.05) is 6.54 Å². The molecule has 4 saturated carbocycles. The summed E-state index contributed by atoms with van der Waals surface area (Å²) in [4.78, 5) is 29.3. The van der Waals surface area contributed by atoms with Crippen LogP contribution in [-0.2, 0) is 11.3 Å². The highest BCUT2D eigenvalue weighted by molar-refractivity contribution is 5.78. The van der Waals surface area contributed by atoms with E-state index < -0.39 is 0 Å². The first-order valence-electron chi connectivity index (χ1n) is 9.81. The summed E-state index contributed by atoms with van der Waals surface area (Å²) < 4.78 is 1.41. The van der Waals surface area contributed by atoms with Crippen LogP contribution in [0.3, 0.4) is 0 Å². The number of carbonyl (C=O) groups is 1. The number of hydrogen-bond donors (Lipinski definition) is 1. The van der Waals surface area contributed by atoms with Gasteiger partial charge in [-0.3, -0.25) is 14.2 Å². The molecule has 1 aromatic heterocycles. The number of benzene rings is 1. The minimum atomic E-state index is -0.152. The van der Waals surface area contributed by atoms with Gasteiger partial charge in [0.2, 0.25) is 5.91 Å². The molecule has 4 fully saturated rings. The van der Waals surface area contributed by atoms with E-state index in [9.17, 15) is 9.59 Å². The molecule has 1 N–H and O–H groups in total. The van der Waals surface area contributed by atoms with Gasteiger partial charge in [-0.2, -0.15) is 0 Å². The summed E-state index contributed by atoms with van der Waals surface area (Å²) in [5, 5.41) is 3.70. The van der Waals surface area contributed by atoms with Crippen LogP contribution in [-0.4, -0.2) is 22.0 Å². The predicted molar refractivity (Wildman–Crippen MR) is 99.6 cm³/mol. The lowest BCUT2D eigenvalue weighted by Gasteiger charge is -2.56. The average molecular weight is 351 g/mol. The molecule has 5 heteroatoms. The van der Waals surface area contributed by atoms with Gasteiger partial charge in [0.15, 0.2) is 0 Å². The van der Waals surface area contributed by atoms with E-state index in [1.165, 1.54) is 49.4 Å². The summed E-state index contributed by atoms with van der Waals surface area (Å²) in [6.07, 6.45) is 9.53. The average Bonchev–Trinajstić information content (AvgIpc) is 2.62. The maximum absolute atomic E-state index is 12.5. The van der Waals surface area contributed by atoms with Gasteiger partial charge in [0.1, 0.15) is 6.54 Å². The molecular formula is C21H25N3O2. The normalized spacial score (nSPS) is 32.1. The van der Waals surface area contributed by atoms with Crippen LogP contribution < -0.4 is 10.9 Å². The van der Waals surface area contributed by atoms with Crippen molar-refractivity contribution in [2.24, 2.45) is 23.2 Å². The SMILES string of the molecule is O=C(Cn1cnc2ccccc2c1=O)NCC12CC3CC(CC(C3)C1)C2. The Morgan fingerprint density at radius 3 is 2.46 bits per heavy atom. The van der Waals surface area contributed by atoms with E-state index in [1.54, 1.807) is 6.07 Å². The summed E-state index contributed by atoms with van der Waals surface area (Å²) in [6.45, 7) is 0.814. The number of nitrogens with one attached hydrogen (secondary N) is 1. The summed E-state index contributed by atoms with van der Waals surface area (Å²) in [7, 11) is 0. The molecule has 4 bridgehead atoms. The second-order valence-corrected chi connectivity index (χ2v) is 8.89. The fourth-order valence-electron chi connectivity index (χ4n) is 6.22. The number of nitrogens with zero attached hydrogens (tertiary/aromatic N) is 2. The van der Waals surface area contributed by atoms with E-state index in [1.807, 2.05) is 18.2 Å². The van der Waals surface area contributed by atoms with Gasteiger partial charge in [-0.1, -0.05) is 12.1 Å². The highest BCUT2D eigenvalue weighted by atomic mass is 16.2. The van der Waals surface area contributed by atoms with Crippen LogP contribution in [0.5, 0.6) is 0 Å². The Morgan fingerprint density at radius 1 is 1.12 bits per heavy atom. The number of aromatic nitrogens is 2. The van der Waals surface area contributed by atoms with Gasteiger partial charge in [0, 0.05) is 6.54 Å². The first kappa shape index (κ1) is 16.0. The van der Waals surface area contributed by atoms with Crippen molar-refractivity contribution in [3.8, 4) is 0 Å². The molecule has 4 aliphatic rings. The third kappa shape index (κ3) is 2.74. The molecule has 1 heterocycles. The van der Waals surface area contributed by atoms with Crippen LogP contribution in [0.1, 0.15) is 38.5 Å². The van der Waals surface area contributed by atoms with E-state index in [2.05, 4.69) is 10.3 Å². The zero-order valence-electron chi connectivity index (χ0n) is 15.0. The molecule has 2 aromatic rings. The Kier molecular flexibility index (Phi) is 3.66. The number of amides is 1. The van der Waals surface area contributed by atoms with Crippen molar-refractivity contribution >= 4 is 16.8 Å². The molecule has 136 valence electrons. The summed E-state index contributed by atoms with van der Waals surface area (Å²) in [5.41, 5.74) is 0.833. The summed E-state index contributed by atoms with van der Waals surface area (Å²) >= 11 is 0. The van der Waals surface area contributed by atoms with Crippen LogP contribution in [0.15, 0.2) is 35.4 Å². The van der Waals surface area contributed by atoms with E-state index in [0.29, 0.717) is 16.3 Å². The zero-order valence-corrected chi connectivity index (χ0v) is 15.0. The van der Waals surface area contributed by atoms with Crippen molar-refractivity contribution in [1.82, 2.24) is 14.9 Å². The molecular weight excluding hydrogens is 326 g/mol. The van der Waals surface area contributed by atoms with Crippen LogP contribution in [0.2, 0.25) is 0 Å². The largest absolute Gasteiger partial charge is 0.354 e. The second-order valence-electron chi connectivity index (χ2n) is 8.89. The van der Waals surface area contributed by atoms with E-state index in [-0.39, 0.29) is 18.0 Å². The third-order valence-electron chi connectivity index (χ3n) is 6.87. The highest BCUT2D eigenvalue weighted by Crippen LogP contribution is 2.59. The molecule has 0 spiro atoms. The monoisotopic (exact) mass is 351 g/mol. The number of hydrogen-bond acceptors (Lipinski definition) is 3. The standard InChI is InChI=1S/C21H25N3O2/c25-19(11-24-13-23-18-4-2-1-3-17(18)20(24)26)22-12-21-8-14-5-15(9-21)7-16(6-14)10-21/h1-4,13-16H,5-12H2,(H,22,25). The van der Waals surface area contributed by atoms with Crippen LogP contribution in [0, 0.1) is 23.2 Å². The second kappa shape index (κ2) is 5.93. The molecule has 0 aliphatic heterocycles. The minimum absolute atomic E-state index is 0.0447. The molecule has 26 heavy (non-hydrogen) atoms. The number of para-hydroxylation sites is 1. The van der Waals surface area contributed by atoms with Crippen molar-refractivity contribution in [1.29, 1.82) is 0 Å². The van der Waals surface area contributed by atoms with Gasteiger partial charge in [0.05, 0.1) is 17.2 Å². The van der Waals surface area contributed by atoms with Crippen molar-refractivity contribution in [3.05, 3.63) is 40.9 Å². The highest BCUT2D eigenvalue weighted by Gasteiger charge is 2.50. The van der Waals surface area contributed by atoms with Crippen molar-refractivity contribution < 1.29 is 4.79 Å². The molecule has 6 rings (SSSR count). The van der Waals surface area contributed by atoms with Gasteiger partial charge in [-0.05, 0) is 73.8 Å². The Morgan fingerprint density at radius 2 is 1.77 bits per heavy atom. The van der Waals surface area contributed by atoms with Crippen LogP contribution in [0.25, 0.3) is 10.9 Å². The maximum atomic E-state index is 12.5. The lowest BCUT2D eigenvalue weighted by atomic mass is 9.49. The van der Waals surface area contributed by atoms with Gasteiger partial charge < -0.3 is 5.32 Å². The topological polar surface area (TPSA) is 64.0 Å². The summed E-state index contributed by atoms with van der Waals surface area (Å²) in [5.74, 6) is 2.56. The Balaban J connectivity index is 1.27. The number of carbonyl (C=O) groups excluding carboxylic acids is 1. The van der Waals surface area contributed by atoms with Gasteiger partial charge in [-0.25, -0.2) is 4.98 Å². The Hall–Kier alpha value is -2.17. The molecule has 0 radical (unpaired) electrons. The minimum Gasteiger partial charge on any atom is -0.354 e. The first-order chi connectivity index (χ1) is 12.6. The lowest BCUT2D eigenvalue weighted by molar-refractivity contribution is -0.123. The first-order valence-corrected chi connectivity index (χ1v) is 9.81. The Bertz CT molecular complexity index is 882. The van der Waals surface area contributed by atoms with Gasteiger partial charge >= 0.3 is 0 Å². The molecule has 0 unspecified atom stereocenters. The van der Waals surface area contributed by atoms with Crippen molar-refractivity contribution in [3.63, 3.8) is 0 Å². The van der Waals surface area contributed by atoms with E-state index >= 15 is 0 Å². The van der Waals surface area contributed by atoms with E-state index in [4.69, 9.17) is 0 Å². The zero-order chi connectivity index (χ0) is 17.7. The van der Waals surface area contributed by atoms with Crippen molar-refractivity contribution in [2.45, 2.75) is 45.1 Å².